The van der Waals surface area contributed by atoms with Gasteiger partial charge in [-0.25, -0.2) is 9.37 Å². The SMILES string of the molecule is CC(C)CC(C)Oc1cc(CNC(=O)c2cccc(F)c2)ccn1. The summed E-state index contributed by atoms with van der Waals surface area (Å²) in [5, 5.41) is 2.77. The van der Waals surface area contributed by atoms with E-state index < -0.39 is 5.82 Å². The van der Waals surface area contributed by atoms with Gasteiger partial charge in [0, 0.05) is 24.4 Å². The number of hydrogen-bond acceptors (Lipinski definition) is 3. The van der Waals surface area contributed by atoms with Gasteiger partial charge in [-0.05, 0) is 49.1 Å². The Bertz CT molecular complexity index is 689. The van der Waals surface area contributed by atoms with Crippen molar-refractivity contribution in [3.8, 4) is 5.88 Å². The summed E-state index contributed by atoms with van der Waals surface area (Å²) in [5.41, 5.74) is 1.17. The Hall–Kier alpha value is -2.43. The minimum Gasteiger partial charge on any atom is -0.475 e. The van der Waals surface area contributed by atoms with Gasteiger partial charge in [0.15, 0.2) is 0 Å². The summed E-state index contributed by atoms with van der Waals surface area (Å²) in [6.45, 7) is 6.63. The van der Waals surface area contributed by atoms with Crippen molar-refractivity contribution in [2.75, 3.05) is 0 Å². The van der Waals surface area contributed by atoms with E-state index in [0.29, 0.717) is 23.9 Å². The third-order valence-corrected chi connectivity index (χ3v) is 3.46. The van der Waals surface area contributed by atoms with Gasteiger partial charge >= 0.3 is 0 Å². The number of aromatic nitrogens is 1. The first kappa shape index (κ1) is 17.9. The van der Waals surface area contributed by atoms with Crippen molar-refractivity contribution >= 4 is 5.91 Å². The molecule has 1 aromatic carbocycles. The monoisotopic (exact) mass is 330 g/mol. The van der Waals surface area contributed by atoms with Crippen LogP contribution in [0.5, 0.6) is 5.88 Å². The Kier molecular flexibility index (Phi) is 6.29. The lowest BCUT2D eigenvalue weighted by molar-refractivity contribution is 0.0950. The average molecular weight is 330 g/mol. The van der Waals surface area contributed by atoms with E-state index in [1.54, 1.807) is 12.3 Å². The number of halogens is 1. The highest BCUT2D eigenvalue weighted by Gasteiger charge is 2.09. The lowest BCUT2D eigenvalue weighted by atomic mass is 10.1. The number of ether oxygens (including phenoxy) is 1. The first-order valence-corrected chi connectivity index (χ1v) is 8.09. The molecular weight excluding hydrogens is 307 g/mol. The molecule has 1 unspecified atom stereocenters. The third-order valence-electron chi connectivity index (χ3n) is 3.46. The summed E-state index contributed by atoms with van der Waals surface area (Å²) in [4.78, 5) is 16.2. The quantitative estimate of drug-likeness (QED) is 0.836. The molecule has 1 N–H and O–H groups in total. The van der Waals surface area contributed by atoms with Gasteiger partial charge in [0.05, 0.1) is 6.10 Å². The van der Waals surface area contributed by atoms with Crippen LogP contribution in [0.15, 0.2) is 42.6 Å². The van der Waals surface area contributed by atoms with Crippen molar-refractivity contribution in [3.05, 3.63) is 59.5 Å². The Balaban J connectivity index is 1.93. The van der Waals surface area contributed by atoms with Crippen LogP contribution in [0.4, 0.5) is 4.39 Å². The molecular formula is C19H23FN2O2. The zero-order valence-corrected chi connectivity index (χ0v) is 14.3. The van der Waals surface area contributed by atoms with Crippen molar-refractivity contribution in [3.63, 3.8) is 0 Å². The Morgan fingerprint density at radius 2 is 2.04 bits per heavy atom. The minimum absolute atomic E-state index is 0.0784. The summed E-state index contributed by atoms with van der Waals surface area (Å²) in [5.74, 6) is 0.345. The van der Waals surface area contributed by atoms with Gasteiger partial charge in [-0.3, -0.25) is 4.79 Å². The smallest absolute Gasteiger partial charge is 0.251 e. The van der Waals surface area contributed by atoms with Crippen LogP contribution in [0.3, 0.4) is 0 Å². The first-order chi connectivity index (χ1) is 11.4. The summed E-state index contributed by atoms with van der Waals surface area (Å²) in [7, 11) is 0. The zero-order valence-electron chi connectivity index (χ0n) is 14.3. The number of nitrogens with one attached hydrogen (secondary N) is 1. The predicted molar refractivity (Wildman–Crippen MR) is 91.4 cm³/mol. The van der Waals surface area contributed by atoms with Crippen LogP contribution in [-0.2, 0) is 6.54 Å². The molecule has 0 bridgehead atoms. The molecule has 1 atom stereocenters. The normalized spacial score (nSPS) is 12.0. The molecule has 0 aliphatic heterocycles. The Morgan fingerprint density at radius 1 is 1.25 bits per heavy atom. The van der Waals surface area contributed by atoms with E-state index in [-0.39, 0.29) is 12.0 Å². The molecule has 2 rings (SSSR count). The summed E-state index contributed by atoms with van der Waals surface area (Å²) in [6, 6.07) is 9.23. The summed E-state index contributed by atoms with van der Waals surface area (Å²) in [6.07, 6.45) is 2.68. The van der Waals surface area contributed by atoms with Crippen LogP contribution in [0.2, 0.25) is 0 Å². The number of carbonyl (C=O) groups is 1. The second kappa shape index (κ2) is 8.43. The Labute approximate surface area is 142 Å². The van der Waals surface area contributed by atoms with Gasteiger partial charge in [0.1, 0.15) is 5.82 Å². The van der Waals surface area contributed by atoms with Gasteiger partial charge in [0.25, 0.3) is 5.91 Å². The largest absolute Gasteiger partial charge is 0.475 e. The molecule has 1 heterocycles. The van der Waals surface area contributed by atoms with Gasteiger partial charge in [-0.15, -0.1) is 0 Å². The highest BCUT2D eigenvalue weighted by atomic mass is 19.1. The van der Waals surface area contributed by atoms with E-state index >= 15 is 0 Å². The maximum Gasteiger partial charge on any atom is 0.251 e. The lowest BCUT2D eigenvalue weighted by Crippen LogP contribution is -2.23. The zero-order chi connectivity index (χ0) is 17.5. The van der Waals surface area contributed by atoms with Crippen molar-refractivity contribution in [1.29, 1.82) is 0 Å². The number of pyridine rings is 1. The number of rotatable bonds is 7. The third kappa shape index (κ3) is 5.65. The van der Waals surface area contributed by atoms with Crippen LogP contribution < -0.4 is 10.1 Å². The minimum atomic E-state index is -0.429. The highest BCUT2D eigenvalue weighted by molar-refractivity contribution is 5.94. The van der Waals surface area contributed by atoms with E-state index in [0.717, 1.165) is 12.0 Å². The molecule has 2 aromatic rings. The van der Waals surface area contributed by atoms with Crippen LogP contribution in [0.1, 0.15) is 43.1 Å². The van der Waals surface area contributed by atoms with Crippen LogP contribution >= 0.6 is 0 Å². The van der Waals surface area contributed by atoms with Gasteiger partial charge < -0.3 is 10.1 Å². The molecule has 1 aromatic heterocycles. The van der Waals surface area contributed by atoms with E-state index in [9.17, 15) is 9.18 Å². The molecule has 0 aliphatic carbocycles. The van der Waals surface area contributed by atoms with E-state index in [1.165, 1.54) is 18.2 Å². The fourth-order valence-corrected chi connectivity index (χ4v) is 2.46. The fourth-order valence-electron chi connectivity index (χ4n) is 2.46. The van der Waals surface area contributed by atoms with E-state index in [4.69, 9.17) is 4.74 Å². The molecule has 24 heavy (non-hydrogen) atoms. The van der Waals surface area contributed by atoms with Crippen LogP contribution in [-0.4, -0.2) is 17.0 Å². The number of carbonyl (C=O) groups excluding carboxylic acids is 1. The number of hydrogen-bond donors (Lipinski definition) is 1. The van der Waals surface area contributed by atoms with Crippen molar-refractivity contribution in [1.82, 2.24) is 10.3 Å². The molecule has 0 aliphatic rings. The topological polar surface area (TPSA) is 51.2 Å². The van der Waals surface area contributed by atoms with Gasteiger partial charge in [-0.2, -0.15) is 0 Å². The standard InChI is InChI=1S/C19H23FN2O2/c1-13(2)9-14(3)24-18-10-15(7-8-21-18)12-22-19(23)16-5-4-6-17(20)11-16/h4-8,10-11,13-14H,9,12H2,1-3H3,(H,22,23). The first-order valence-electron chi connectivity index (χ1n) is 8.09. The van der Waals surface area contributed by atoms with E-state index in [1.807, 2.05) is 19.1 Å². The lowest BCUT2D eigenvalue weighted by Gasteiger charge is -2.16. The molecule has 0 fully saturated rings. The van der Waals surface area contributed by atoms with Crippen LogP contribution in [0, 0.1) is 11.7 Å². The second-order valence-electron chi connectivity index (χ2n) is 6.25. The number of amides is 1. The van der Waals surface area contributed by atoms with Crippen molar-refractivity contribution in [2.45, 2.75) is 39.8 Å². The average Bonchev–Trinajstić information content (AvgIpc) is 2.52. The van der Waals surface area contributed by atoms with Crippen molar-refractivity contribution < 1.29 is 13.9 Å². The van der Waals surface area contributed by atoms with Gasteiger partial charge in [-0.1, -0.05) is 19.9 Å². The Morgan fingerprint density at radius 3 is 2.75 bits per heavy atom. The predicted octanol–water partition coefficient (Wildman–Crippen LogP) is 3.96. The van der Waals surface area contributed by atoms with Crippen LogP contribution in [0.25, 0.3) is 0 Å². The molecule has 4 nitrogen and oxygen atoms in total. The molecule has 0 saturated heterocycles. The van der Waals surface area contributed by atoms with Crippen molar-refractivity contribution in [2.24, 2.45) is 5.92 Å². The molecule has 0 radical (unpaired) electrons. The molecule has 1 amide bonds. The molecule has 0 saturated carbocycles. The summed E-state index contributed by atoms with van der Waals surface area (Å²) < 4.78 is 19.0. The molecule has 128 valence electrons. The second-order valence-corrected chi connectivity index (χ2v) is 6.25. The van der Waals surface area contributed by atoms with E-state index in [2.05, 4.69) is 24.1 Å². The number of nitrogens with zero attached hydrogens (tertiary/aromatic N) is 1. The maximum atomic E-state index is 13.2. The summed E-state index contributed by atoms with van der Waals surface area (Å²) >= 11 is 0. The number of benzene rings is 1. The maximum absolute atomic E-state index is 13.2. The molecule has 5 heteroatoms. The fraction of sp³-hybridized carbons (Fsp3) is 0.368. The highest BCUT2D eigenvalue weighted by Crippen LogP contribution is 2.15. The van der Waals surface area contributed by atoms with Gasteiger partial charge in [0.2, 0.25) is 5.88 Å². The molecule has 0 spiro atoms.